The van der Waals surface area contributed by atoms with Crippen LogP contribution in [0.4, 0.5) is 4.79 Å². The number of sulfonamides is 1. The molecule has 33 heavy (non-hydrogen) atoms. The molecule has 2 fully saturated rings. The maximum Gasteiger partial charge on any atom is 0.325 e. The van der Waals surface area contributed by atoms with E-state index >= 15 is 0 Å². The first kappa shape index (κ1) is 23.2. The highest BCUT2D eigenvalue weighted by Crippen LogP contribution is 2.20. The number of hydrogen-bond donors (Lipinski definition) is 1. The van der Waals surface area contributed by atoms with Gasteiger partial charge in [0.25, 0.3) is 5.91 Å². The van der Waals surface area contributed by atoms with Crippen molar-refractivity contribution in [1.82, 2.24) is 19.4 Å². The average Bonchev–Trinajstić information content (AvgIpc) is 3.07. The number of amides is 4. The van der Waals surface area contributed by atoms with Crippen LogP contribution in [0.1, 0.15) is 5.56 Å². The monoisotopic (exact) mass is 490 g/mol. The lowest BCUT2D eigenvalue weighted by Crippen LogP contribution is -2.53. The Morgan fingerprint density at radius 2 is 1.61 bits per heavy atom. The molecule has 0 spiro atoms. The van der Waals surface area contributed by atoms with E-state index in [2.05, 4.69) is 5.32 Å². The third-order valence-corrected chi connectivity index (χ3v) is 7.89. The highest BCUT2D eigenvalue weighted by atomic mass is 35.5. The standard InChI is InChI=1S/C22H23ClN4O5S/c23-17-6-8-18(9-7-17)33(31,32)26-12-10-25(11-13-26)20(28)15-27-21(29)19(24-22(27)30)14-16-4-2-1-3-5-16/h1-9,19H,10-15H2,(H,24,30). The van der Waals surface area contributed by atoms with Crippen molar-refractivity contribution in [1.29, 1.82) is 0 Å². The van der Waals surface area contributed by atoms with Crippen LogP contribution >= 0.6 is 11.6 Å². The van der Waals surface area contributed by atoms with E-state index in [4.69, 9.17) is 11.6 Å². The Bertz CT molecular complexity index is 1150. The zero-order chi connectivity index (χ0) is 23.6. The molecule has 2 aliphatic rings. The Labute approximate surface area is 197 Å². The number of rotatable bonds is 6. The Kier molecular flexibility index (Phi) is 6.68. The molecule has 2 heterocycles. The number of urea groups is 1. The molecule has 2 aliphatic heterocycles. The average molecular weight is 491 g/mol. The number of nitrogens with zero attached hydrogens (tertiary/aromatic N) is 3. The summed E-state index contributed by atoms with van der Waals surface area (Å²) in [5, 5.41) is 3.07. The summed E-state index contributed by atoms with van der Waals surface area (Å²) in [4.78, 5) is 40.2. The number of piperazine rings is 1. The number of halogens is 1. The van der Waals surface area contributed by atoms with Crippen molar-refractivity contribution in [2.75, 3.05) is 32.7 Å². The van der Waals surface area contributed by atoms with Gasteiger partial charge in [0.2, 0.25) is 15.9 Å². The second kappa shape index (κ2) is 9.50. The van der Waals surface area contributed by atoms with E-state index in [9.17, 15) is 22.8 Å². The van der Waals surface area contributed by atoms with Gasteiger partial charge in [0.1, 0.15) is 12.6 Å². The molecule has 0 aliphatic carbocycles. The van der Waals surface area contributed by atoms with Crippen LogP contribution < -0.4 is 5.32 Å². The molecule has 0 bridgehead atoms. The summed E-state index contributed by atoms with van der Waals surface area (Å²) in [6.07, 6.45) is 0.345. The first-order valence-corrected chi connectivity index (χ1v) is 12.3. The maximum atomic E-state index is 12.8. The van der Waals surface area contributed by atoms with Gasteiger partial charge in [-0.05, 0) is 29.8 Å². The molecule has 11 heteroatoms. The minimum atomic E-state index is -3.70. The van der Waals surface area contributed by atoms with E-state index in [1.54, 1.807) is 0 Å². The van der Waals surface area contributed by atoms with Crippen LogP contribution in [0.2, 0.25) is 5.02 Å². The fourth-order valence-corrected chi connectivity index (χ4v) is 5.43. The van der Waals surface area contributed by atoms with Crippen LogP contribution in [0.15, 0.2) is 59.5 Å². The molecule has 0 aromatic heterocycles. The predicted molar refractivity (Wildman–Crippen MR) is 121 cm³/mol. The van der Waals surface area contributed by atoms with Gasteiger partial charge in [-0.15, -0.1) is 0 Å². The van der Waals surface area contributed by atoms with Crippen molar-refractivity contribution in [3.63, 3.8) is 0 Å². The smallest absolute Gasteiger partial charge is 0.325 e. The van der Waals surface area contributed by atoms with E-state index < -0.39 is 33.9 Å². The van der Waals surface area contributed by atoms with Crippen LogP contribution in [-0.2, 0) is 26.0 Å². The van der Waals surface area contributed by atoms with Crippen molar-refractivity contribution in [2.45, 2.75) is 17.4 Å². The number of hydrogen-bond acceptors (Lipinski definition) is 5. The van der Waals surface area contributed by atoms with Gasteiger partial charge >= 0.3 is 6.03 Å². The molecule has 1 N–H and O–H groups in total. The SMILES string of the molecule is O=C(CN1C(=O)NC(Cc2ccccc2)C1=O)N1CCN(S(=O)(=O)c2ccc(Cl)cc2)CC1. The minimum Gasteiger partial charge on any atom is -0.338 e. The van der Waals surface area contributed by atoms with Crippen molar-refractivity contribution in [3.05, 3.63) is 65.2 Å². The molecule has 4 rings (SSSR count). The van der Waals surface area contributed by atoms with Crippen molar-refractivity contribution < 1.29 is 22.8 Å². The van der Waals surface area contributed by atoms with E-state index in [-0.39, 0.29) is 37.6 Å². The number of nitrogens with one attached hydrogen (secondary N) is 1. The van der Waals surface area contributed by atoms with Crippen LogP contribution in [0.5, 0.6) is 0 Å². The summed E-state index contributed by atoms with van der Waals surface area (Å²) in [7, 11) is -3.70. The molecule has 0 radical (unpaired) electrons. The number of benzene rings is 2. The van der Waals surface area contributed by atoms with Crippen molar-refractivity contribution >= 4 is 39.5 Å². The van der Waals surface area contributed by atoms with E-state index in [1.807, 2.05) is 30.3 Å². The largest absolute Gasteiger partial charge is 0.338 e. The Hall–Kier alpha value is -2.95. The van der Waals surface area contributed by atoms with Crippen molar-refractivity contribution in [2.24, 2.45) is 0 Å². The van der Waals surface area contributed by atoms with Crippen LogP contribution in [-0.4, -0.2) is 79.1 Å². The first-order valence-electron chi connectivity index (χ1n) is 10.4. The zero-order valence-corrected chi connectivity index (χ0v) is 19.3. The molecular weight excluding hydrogens is 468 g/mol. The number of carbonyl (C=O) groups excluding carboxylic acids is 3. The number of imide groups is 1. The fraction of sp³-hybridized carbons (Fsp3) is 0.318. The van der Waals surface area contributed by atoms with Gasteiger partial charge in [0, 0.05) is 37.6 Å². The Morgan fingerprint density at radius 1 is 0.970 bits per heavy atom. The molecule has 0 saturated carbocycles. The quantitative estimate of drug-likeness (QED) is 0.615. The van der Waals surface area contributed by atoms with Gasteiger partial charge < -0.3 is 10.2 Å². The summed E-state index contributed by atoms with van der Waals surface area (Å²) < 4.78 is 26.9. The van der Waals surface area contributed by atoms with Crippen LogP contribution in [0.25, 0.3) is 0 Å². The van der Waals surface area contributed by atoms with Gasteiger partial charge in [0.05, 0.1) is 4.90 Å². The molecule has 9 nitrogen and oxygen atoms in total. The lowest BCUT2D eigenvalue weighted by molar-refractivity contribution is -0.138. The van der Waals surface area contributed by atoms with E-state index in [0.717, 1.165) is 10.5 Å². The molecule has 174 valence electrons. The third-order valence-electron chi connectivity index (χ3n) is 5.73. The Morgan fingerprint density at radius 3 is 2.24 bits per heavy atom. The highest BCUT2D eigenvalue weighted by molar-refractivity contribution is 7.89. The third kappa shape index (κ3) is 5.02. The normalized spacial score (nSPS) is 19.6. The molecule has 4 amide bonds. The predicted octanol–water partition coefficient (Wildman–Crippen LogP) is 1.34. The summed E-state index contributed by atoms with van der Waals surface area (Å²) in [6.45, 7) is 0.201. The first-order chi connectivity index (χ1) is 15.8. The van der Waals surface area contributed by atoms with Crippen LogP contribution in [0, 0.1) is 0 Å². The van der Waals surface area contributed by atoms with Gasteiger partial charge in [-0.2, -0.15) is 4.31 Å². The van der Waals surface area contributed by atoms with Gasteiger partial charge in [0.15, 0.2) is 0 Å². The van der Waals surface area contributed by atoms with Gasteiger partial charge in [-0.1, -0.05) is 41.9 Å². The fourth-order valence-electron chi connectivity index (χ4n) is 3.88. The molecular formula is C22H23ClN4O5S. The topological polar surface area (TPSA) is 107 Å². The van der Waals surface area contributed by atoms with E-state index in [1.165, 1.54) is 33.5 Å². The minimum absolute atomic E-state index is 0.119. The molecule has 2 saturated heterocycles. The highest BCUT2D eigenvalue weighted by Gasteiger charge is 2.40. The molecule has 1 unspecified atom stereocenters. The summed E-state index contributed by atoms with van der Waals surface area (Å²) in [5.41, 5.74) is 0.905. The Balaban J connectivity index is 1.33. The second-order valence-electron chi connectivity index (χ2n) is 7.85. The molecule has 2 aromatic carbocycles. The molecule has 1 atom stereocenters. The van der Waals surface area contributed by atoms with Gasteiger partial charge in [-0.25, -0.2) is 13.2 Å². The van der Waals surface area contributed by atoms with Crippen LogP contribution in [0.3, 0.4) is 0 Å². The second-order valence-corrected chi connectivity index (χ2v) is 10.2. The summed E-state index contributed by atoms with van der Waals surface area (Å²) in [6, 6.07) is 13.9. The summed E-state index contributed by atoms with van der Waals surface area (Å²) >= 11 is 5.83. The number of carbonyl (C=O) groups is 3. The van der Waals surface area contributed by atoms with E-state index in [0.29, 0.717) is 11.4 Å². The molecule has 2 aromatic rings. The lowest BCUT2D eigenvalue weighted by Gasteiger charge is -2.34. The van der Waals surface area contributed by atoms with Crippen molar-refractivity contribution in [3.8, 4) is 0 Å². The van der Waals surface area contributed by atoms with Gasteiger partial charge in [-0.3, -0.25) is 14.5 Å². The maximum absolute atomic E-state index is 12.8. The lowest BCUT2D eigenvalue weighted by atomic mass is 10.1. The zero-order valence-electron chi connectivity index (χ0n) is 17.7. The summed E-state index contributed by atoms with van der Waals surface area (Å²) in [5.74, 6) is -0.844.